The van der Waals surface area contributed by atoms with Gasteiger partial charge in [0.15, 0.2) is 5.67 Å². The number of fused-ring (bicyclic) bond motifs is 1. The third-order valence-electron chi connectivity index (χ3n) is 8.94. The number of aromatic nitrogens is 2. The topological polar surface area (TPSA) is 112 Å². The van der Waals surface area contributed by atoms with Gasteiger partial charge in [0.2, 0.25) is 5.95 Å². The number of imidazole rings is 1. The number of nitrogens with zero attached hydrogens (tertiary/aromatic N) is 3. The van der Waals surface area contributed by atoms with Crippen LogP contribution in [-0.2, 0) is 17.9 Å². The van der Waals surface area contributed by atoms with Crippen molar-refractivity contribution >= 4 is 63.4 Å². The molecule has 1 saturated carbocycles. The molecular weight excluding hydrogens is 737 g/mol. The van der Waals surface area contributed by atoms with Gasteiger partial charge in [0.05, 0.1) is 50.2 Å². The number of benzene rings is 2. The Balaban J connectivity index is 0.00000113. The summed E-state index contributed by atoms with van der Waals surface area (Å²) in [7, 11) is 0. The predicted octanol–water partition coefficient (Wildman–Crippen LogP) is 8.70. The molecule has 0 atom stereocenters. The maximum absolute atomic E-state index is 14.1. The molecule has 17 heteroatoms. The van der Waals surface area contributed by atoms with E-state index in [9.17, 15) is 41.0 Å². The Morgan fingerprint density at radius 1 is 1.04 bits per heavy atom. The van der Waals surface area contributed by atoms with E-state index in [1.54, 1.807) is 25.1 Å². The average molecular weight is 782 g/mol. The van der Waals surface area contributed by atoms with Gasteiger partial charge in [-0.3, -0.25) is 9.59 Å². The van der Waals surface area contributed by atoms with Crippen LogP contribution >= 0.6 is 23.2 Å². The molecule has 0 radical (unpaired) electrons. The lowest BCUT2D eigenvalue weighted by Crippen LogP contribution is -2.43. The second kappa shape index (κ2) is 16.7. The van der Waals surface area contributed by atoms with Crippen LogP contribution in [-0.4, -0.2) is 69.5 Å². The van der Waals surface area contributed by atoms with Crippen LogP contribution in [0.25, 0.3) is 11.0 Å². The molecular formula is C35H44Cl2F6N6O3. The standard InChI is InChI=1S/C33H41Cl2F3N6O3.C2H3F3/c1-32(2,38)30(46)39-17-19-9-10-22(34)28(27(19)35)42-31-41-23-15-21(29(45)40-20-7-5-4-6-8-20)24(16-25(23)44(31)18-26(36)37)43-13-11-33(3,47)12-14-43;1-2(3,4)5/h9-10,15-16,20,26,47H,4-8,11-14,17-18H2,1-3H3,(H,39,46)(H,40,45)(H,41,42);1H3. The van der Waals surface area contributed by atoms with Crippen molar-refractivity contribution in [1.82, 2.24) is 20.2 Å². The van der Waals surface area contributed by atoms with Gasteiger partial charge >= 0.3 is 6.18 Å². The van der Waals surface area contributed by atoms with Gasteiger partial charge in [-0.1, -0.05) is 48.5 Å². The minimum Gasteiger partial charge on any atom is -0.390 e. The normalized spacial score (nSPS) is 16.8. The van der Waals surface area contributed by atoms with Crippen LogP contribution in [0.3, 0.4) is 0 Å². The Hall–Kier alpha value is -3.43. The minimum atomic E-state index is -4.00. The largest absolute Gasteiger partial charge is 0.390 e. The highest BCUT2D eigenvalue weighted by Gasteiger charge is 2.31. The molecule has 288 valence electrons. The van der Waals surface area contributed by atoms with Crippen LogP contribution in [0.1, 0.15) is 88.6 Å². The van der Waals surface area contributed by atoms with Crippen LogP contribution < -0.4 is 20.9 Å². The first-order valence-electron chi connectivity index (χ1n) is 17.0. The summed E-state index contributed by atoms with van der Waals surface area (Å²) in [6, 6.07) is 6.47. The number of rotatable bonds is 10. The number of carbonyl (C=O) groups excluding carboxylic acids is 2. The van der Waals surface area contributed by atoms with E-state index in [1.165, 1.54) is 10.6 Å². The molecule has 1 saturated heterocycles. The smallest absolute Gasteiger partial charge is 0.386 e. The van der Waals surface area contributed by atoms with E-state index in [2.05, 4.69) is 20.9 Å². The molecule has 52 heavy (non-hydrogen) atoms. The first-order valence-corrected chi connectivity index (χ1v) is 17.8. The van der Waals surface area contributed by atoms with Crippen molar-refractivity contribution in [3.8, 4) is 0 Å². The number of hydrogen-bond donors (Lipinski definition) is 4. The average Bonchev–Trinajstić information content (AvgIpc) is 3.36. The van der Waals surface area contributed by atoms with E-state index in [0.717, 1.165) is 46.0 Å². The third-order valence-corrected chi connectivity index (χ3v) is 9.69. The number of amides is 2. The van der Waals surface area contributed by atoms with Crippen molar-refractivity contribution in [2.45, 2.75) is 116 Å². The minimum absolute atomic E-state index is 0.0209. The summed E-state index contributed by atoms with van der Waals surface area (Å²) in [6.07, 6.45) is -0.785. The lowest BCUT2D eigenvalue weighted by molar-refractivity contribution is -0.130. The van der Waals surface area contributed by atoms with Gasteiger partial charge in [0.1, 0.15) is 0 Å². The van der Waals surface area contributed by atoms with Crippen molar-refractivity contribution in [1.29, 1.82) is 0 Å². The number of anilines is 3. The summed E-state index contributed by atoms with van der Waals surface area (Å²) in [6.45, 7) is 4.38. The summed E-state index contributed by atoms with van der Waals surface area (Å²) >= 11 is 13.2. The summed E-state index contributed by atoms with van der Waals surface area (Å²) in [5, 5.41) is 19.5. The fourth-order valence-electron chi connectivity index (χ4n) is 6.11. The number of alkyl halides is 6. The summed E-state index contributed by atoms with van der Waals surface area (Å²) in [5.41, 5.74) is -0.716. The monoisotopic (exact) mass is 780 g/mol. The highest BCUT2D eigenvalue weighted by atomic mass is 35.5. The van der Waals surface area contributed by atoms with Crippen LogP contribution in [0, 0.1) is 0 Å². The zero-order valence-electron chi connectivity index (χ0n) is 29.4. The molecule has 1 aromatic heterocycles. The van der Waals surface area contributed by atoms with Crippen molar-refractivity contribution in [2.75, 3.05) is 23.3 Å². The Morgan fingerprint density at radius 2 is 1.65 bits per heavy atom. The fraction of sp³-hybridized carbons (Fsp3) is 0.571. The van der Waals surface area contributed by atoms with E-state index < -0.39 is 36.3 Å². The van der Waals surface area contributed by atoms with E-state index >= 15 is 0 Å². The molecule has 1 aliphatic carbocycles. The Morgan fingerprint density at radius 3 is 2.23 bits per heavy atom. The number of nitrogens with one attached hydrogen (secondary N) is 3. The zero-order valence-corrected chi connectivity index (χ0v) is 30.9. The van der Waals surface area contributed by atoms with Crippen LogP contribution in [0.2, 0.25) is 10.0 Å². The third kappa shape index (κ3) is 11.3. The maximum Gasteiger partial charge on any atom is 0.386 e. The summed E-state index contributed by atoms with van der Waals surface area (Å²) < 4.78 is 74.5. The van der Waals surface area contributed by atoms with Gasteiger partial charge in [0.25, 0.3) is 18.2 Å². The van der Waals surface area contributed by atoms with Gasteiger partial charge < -0.3 is 30.5 Å². The fourth-order valence-corrected chi connectivity index (χ4v) is 6.64. The van der Waals surface area contributed by atoms with Crippen molar-refractivity contribution < 1.29 is 41.0 Å². The highest BCUT2D eigenvalue weighted by molar-refractivity contribution is 6.39. The van der Waals surface area contributed by atoms with Crippen LogP contribution in [0.4, 0.5) is 43.7 Å². The van der Waals surface area contributed by atoms with Gasteiger partial charge in [-0.25, -0.2) is 18.2 Å². The molecule has 0 bridgehead atoms. The number of piperidine rings is 1. The van der Waals surface area contributed by atoms with Crippen molar-refractivity contribution in [2.24, 2.45) is 0 Å². The lowest BCUT2D eigenvalue weighted by Gasteiger charge is -2.38. The quantitative estimate of drug-likeness (QED) is 0.153. The highest BCUT2D eigenvalue weighted by Crippen LogP contribution is 2.38. The molecule has 0 spiro atoms. The molecule has 2 aromatic carbocycles. The van der Waals surface area contributed by atoms with Crippen LogP contribution in [0.15, 0.2) is 24.3 Å². The summed E-state index contributed by atoms with van der Waals surface area (Å²) in [5.74, 6) is -1.07. The lowest BCUT2D eigenvalue weighted by atomic mass is 9.92. The van der Waals surface area contributed by atoms with E-state index in [-0.39, 0.29) is 47.1 Å². The SMILES string of the molecule is CC(F)(F)F.CC1(O)CCN(c2cc3c(cc2C(=O)NC2CCCCC2)nc(Nc2c(Cl)ccc(CNC(=O)C(C)(C)F)c2Cl)n3CC(F)F)CC1. The van der Waals surface area contributed by atoms with Crippen molar-refractivity contribution in [3.63, 3.8) is 0 Å². The predicted molar refractivity (Wildman–Crippen MR) is 191 cm³/mol. The molecule has 4 N–H and O–H groups in total. The molecule has 2 fully saturated rings. The first-order chi connectivity index (χ1) is 24.1. The summed E-state index contributed by atoms with van der Waals surface area (Å²) in [4.78, 5) is 32.5. The number of carbonyl (C=O) groups is 2. The van der Waals surface area contributed by atoms with E-state index in [0.29, 0.717) is 53.8 Å². The molecule has 0 unspecified atom stereocenters. The molecule has 2 amide bonds. The molecule has 3 aromatic rings. The second-order valence-corrected chi connectivity index (χ2v) is 14.8. The Kier molecular flexibility index (Phi) is 13.3. The Labute approximate surface area is 308 Å². The molecule has 5 rings (SSSR count). The molecule has 1 aliphatic heterocycles. The van der Waals surface area contributed by atoms with Crippen LogP contribution in [0.5, 0.6) is 0 Å². The first kappa shape index (κ1) is 41.3. The molecule has 2 aliphatic rings. The molecule has 2 heterocycles. The van der Waals surface area contributed by atoms with Gasteiger partial charge in [-0.15, -0.1) is 0 Å². The Bertz CT molecular complexity index is 1720. The number of halogens is 8. The second-order valence-electron chi connectivity index (χ2n) is 14.0. The zero-order chi connectivity index (χ0) is 38.6. The van der Waals surface area contributed by atoms with Gasteiger partial charge in [-0.05, 0) is 70.2 Å². The van der Waals surface area contributed by atoms with E-state index in [1.807, 2.05) is 4.90 Å². The number of aliphatic hydroxyl groups is 1. The van der Waals surface area contributed by atoms with Gasteiger partial charge in [0, 0.05) is 32.6 Å². The maximum atomic E-state index is 14.1. The number of hydrogen-bond acceptors (Lipinski definition) is 6. The van der Waals surface area contributed by atoms with Crippen molar-refractivity contribution in [3.05, 3.63) is 45.4 Å². The molecule has 9 nitrogen and oxygen atoms in total. The van der Waals surface area contributed by atoms with Gasteiger partial charge in [-0.2, -0.15) is 13.2 Å². The van der Waals surface area contributed by atoms with E-state index in [4.69, 9.17) is 23.2 Å².